The van der Waals surface area contributed by atoms with Crippen LogP contribution in [0.25, 0.3) is 0 Å². The largest absolute Gasteiger partial charge is 0.484 e. The Morgan fingerprint density at radius 3 is 2.53 bits per heavy atom. The number of hydrogen-bond acceptors (Lipinski definition) is 3. The summed E-state index contributed by atoms with van der Waals surface area (Å²) in [7, 11) is 0. The van der Waals surface area contributed by atoms with Gasteiger partial charge in [-0.2, -0.15) is 0 Å². The highest BCUT2D eigenvalue weighted by Crippen LogP contribution is 2.12. The van der Waals surface area contributed by atoms with Gasteiger partial charge in [0, 0.05) is 12.6 Å². The van der Waals surface area contributed by atoms with Gasteiger partial charge in [-0.3, -0.25) is 4.79 Å². The second kappa shape index (κ2) is 8.53. The smallest absolute Gasteiger partial charge is 0.255 e. The van der Waals surface area contributed by atoms with Crippen molar-refractivity contribution in [3.63, 3.8) is 0 Å². The summed E-state index contributed by atoms with van der Waals surface area (Å²) >= 11 is 0. The van der Waals surface area contributed by atoms with Gasteiger partial charge in [0.15, 0.2) is 6.61 Å². The zero-order valence-electron chi connectivity index (χ0n) is 11.8. The van der Waals surface area contributed by atoms with Crippen LogP contribution in [-0.2, 0) is 11.3 Å². The van der Waals surface area contributed by atoms with Crippen LogP contribution >= 0.6 is 0 Å². The molecule has 0 bridgehead atoms. The normalized spacial score (nSPS) is 12.1. The van der Waals surface area contributed by atoms with Crippen LogP contribution in [0.15, 0.2) is 24.3 Å². The molecule has 0 aliphatic heterocycles. The van der Waals surface area contributed by atoms with Gasteiger partial charge in [0.1, 0.15) is 5.75 Å². The molecule has 1 unspecified atom stereocenters. The van der Waals surface area contributed by atoms with Crippen molar-refractivity contribution < 1.29 is 9.53 Å². The number of benzene rings is 1. The molecule has 19 heavy (non-hydrogen) atoms. The number of amides is 1. The highest BCUT2D eigenvalue weighted by atomic mass is 16.5. The summed E-state index contributed by atoms with van der Waals surface area (Å²) in [5.41, 5.74) is 6.23. The number of primary amides is 1. The van der Waals surface area contributed by atoms with Crippen molar-refractivity contribution in [2.75, 3.05) is 6.61 Å². The fraction of sp³-hybridized carbons (Fsp3) is 0.533. The summed E-state index contributed by atoms with van der Waals surface area (Å²) in [5, 5.41) is 3.54. The lowest BCUT2D eigenvalue weighted by atomic mass is 10.1. The van der Waals surface area contributed by atoms with E-state index < -0.39 is 5.91 Å². The van der Waals surface area contributed by atoms with E-state index in [1.54, 1.807) is 0 Å². The fourth-order valence-electron chi connectivity index (χ4n) is 1.92. The highest BCUT2D eigenvalue weighted by Gasteiger charge is 2.04. The van der Waals surface area contributed by atoms with Gasteiger partial charge in [-0.15, -0.1) is 0 Å². The molecule has 0 aliphatic carbocycles. The molecule has 1 aromatic carbocycles. The lowest BCUT2D eigenvalue weighted by Gasteiger charge is -2.16. The Labute approximate surface area is 115 Å². The Bertz CT molecular complexity index is 376. The number of rotatable bonds is 9. The average Bonchev–Trinajstić information content (AvgIpc) is 2.42. The molecule has 4 heteroatoms. The van der Waals surface area contributed by atoms with Crippen LogP contribution in [0.1, 0.15) is 38.7 Å². The standard InChI is InChI=1S/C15H24N2O2/c1-3-5-13(4-2)17-10-12-6-8-14(9-7-12)19-11-15(16)18/h6-9,13,17H,3-5,10-11H2,1-2H3,(H2,16,18). The maximum Gasteiger partial charge on any atom is 0.255 e. The molecule has 0 saturated heterocycles. The van der Waals surface area contributed by atoms with Crippen LogP contribution in [0.2, 0.25) is 0 Å². The molecule has 1 amide bonds. The molecule has 3 N–H and O–H groups in total. The van der Waals surface area contributed by atoms with E-state index in [4.69, 9.17) is 10.5 Å². The molecule has 1 aromatic rings. The maximum atomic E-state index is 10.6. The molecule has 0 saturated carbocycles. The molecule has 1 rings (SSSR count). The van der Waals surface area contributed by atoms with Crippen molar-refractivity contribution in [2.24, 2.45) is 5.73 Å². The van der Waals surface area contributed by atoms with Crippen LogP contribution in [0.4, 0.5) is 0 Å². The Balaban J connectivity index is 2.41. The van der Waals surface area contributed by atoms with Crippen molar-refractivity contribution in [3.05, 3.63) is 29.8 Å². The van der Waals surface area contributed by atoms with Gasteiger partial charge in [-0.1, -0.05) is 32.4 Å². The predicted octanol–water partition coefficient (Wildman–Crippen LogP) is 2.22. The minimum atomic E-state index is -0.462. The Hall–Kier alpha value is -1.55. The van der Waals surface area contributed by atoms with Crippen LogP contribution in [0.5, 0.6) is 5.75 Å². The second-order valence-corrected chi connectivity index (χ2v) is 4.67. The summed E-state index contributed by atoms with van der Waals surface area (Å²) in [6.07, 6.45) is 3.55. The lowest BCUT2D eigenvalue weighted by molar-refractivity contribution is -0.119. The first kappa shape index (κ1) is 15.5. The number of carbonyl (C=O) groups is 1. The van der Waals surface area contributed by atoms with E-state index in [1.165, 1.54) is 18.4 Å². The third-order valence-corrected chi connectivity index (χ3v) is 3.03. The number of ether oxygens (including phenoxy) is 1. The third-order valence-electron chi connectivity index (χ3n) is 3.03. The van der Waals surface area contributed by atoms with E-state index >= 15 is 0 Å². The predicted molar refractivity (Wildman–Crippen MR) is 77.0 cm³/mol. The van der Waals surface area contributed by atoms with E-state index in [0.717, 1.165) is 13.0 Å². The lowest BCUT2D eigenvalue weighted by Crippen LogP contribution is -2.27. The van der Waals surface area contributed by atoms with E-state index in [2.05, 4.69) is 19.2 Å². The third kappa shape index (κ3) is 6.25. The van der Waals surface area contributed by atoms with Gasteiger partial charge in [0.25, 0.3) is 5.91 Å². The minimum absolute atomic E-state index is 0.0774. The highest BCUT2D eigenvalue weighted by molar-refractivity contribution is 5.75. The van der Waals surface area contributed by atoms with Gasteiger partial charge < -0.3 is 15.8 Å². The van der Waals surface area contributed by atoms with Gasteiger partial charge in [0.05, 0.1) is 0 Å². The van der Waals surface area contributed by atoms with Gasteiger partial charge >= 0.3 is 0 Å². The topological polar surface area (TPSA) is 64.3 Å². The first-order valence-corrected chi connectivity index (χ1v) is 6.89. The molecule has 106 valence electrons. The summed E-state index contributed by atoms with van der Waals surface area (Å²) in [6.45, 7) is 5.18. The zero-order valence-corrected chi connectivity index (χ0v) is 11.8. The monoisotopic (exact) mass is 264 g/mol. The molecule has 0 radical (unpaired) electrons. The Morgan fingerprint density at radius 1 is 1.32 bits per heavy atom. The van der Waals surface area contributed by atoms with E-state index in [0.29, 0.717) is 11.8 Å². The summed E-state index contributed by atoms with van der Waals surface area (Å²) in [4.78, 5) is 10.6. The number of hydrogen-bond donors (Lipinski definition) is 2. The summed E-state index contributed by atoms with van der Waals surface area (Å²) in [6, 6.07) is 8.31. The van der Waals surface area contributed by atoms with E-state index in [1.807, 2.05) is 24.3 Å². The zero-order chi connectivity index (χ0) is 14.1. The van der Waals surface area contributed by atoms with Gasteiger partial charge in [-0.25, -0.2) is 0 Å². The van der Waals surface area contributed by atoms with Gasteiger partial charge in [-0.05, 0) is 30.5 Å². The number of nitrogens with one attached hydrogen (secondary N) is 1. The van der Waals surface area contributed by atoms with Crippen molar-refractivity contribution in [2.45, 2.75) is 45.7 Å². The van der Waals surface area contributed by atoms with Crippen molar-refractivity contribution >= 4 is 5.91 Å². The fourth-order valence-corrected chi connectivity index (χ4v) is 1.92. The summed E-state index contributed by atoms with van der Waals surface area (Å²) in [5.74, 6) is 0.208. The molecular formula is C15H24N2O2. The maximum absolute atomic E-state index is 10.6. The van der Waals surface area contributed by atoms with Crippen molar-refractivity contribution in [1.82, 2.24) is 5.32 Å². The SMILES string of the molecule is CCCC(CC)NCc1ccc(OCC(N)=O)cc1. The van der Waals surface area contributed by atoms with E-state index in [9.17, 15) is 4.79 Å². The molecule has 0 fully saturated rings. The molecule has 0 spiro atoms. The second-order valence-electron chi connectivity index (χ2n) is 4.67. The molecular weight excluding hydrogens is 240 g/mol. The van der Waals surface area contributed by atoms with Gasteiger partial charge in [0.2, 0.25) is 0 Å². The molecule has 0 aliphatic rings. The Morgan fingerprint density at radius 2 is 2.00 bits per heavy atom. The van der Waals surface area contributed by atoms with Crippen molar-refractivity contribution in [1.29, 1.82) is 0 Å². The van der Waals surface area contributed by atoms with Crippen LogP contribution in [-0.4, -0.2) is 18.6 Å². The average molecular weight is 264 g/mol. The van der Waals surface area contributed by atoms with Crippen LogP contribution in [0.3, 0.4) is 0 Å². The first-order chi connectivity index (χ1) is 9.15. The minimum Gasteiger partial charge on any atom is -0.484 e. The van der Waals surface area contributed by atoms with Crippen LogP contribution in [0, 0.1) is 0 Å². The molecule has 1 atom stereocenters. The molecule has 4 nitrogen and oxygen atoms in total. The Kier molecular flexibility index (Phi) is 6.97. The number of carbonyl (C=O) groups excluding carboxylic acids is 1. The number of nitrogens with two attached hydrogens (primary N) is 1. The molecule has 0 aromatic heterocycles. The quantitative estimate of drug-likeness (QED) is 0.719. The summed E-state index contributed by atoms with van der Waals surface area (Å²) < 4.78 is 5.21. The molecule has 0 heterocycles. The first-order valence-electron chi connectivity index (χ1n) is 6.89. The van der Waals surface area contributed by atoms with E-state index in [-0.39, 0.29) is 6.61 Å². The van der Waals surface area contributed by atoms with Crippen LogP contribution < -0.4 is 15.8 Å². The van der Waals surface area contributed by atoms with Crippen molar-refractivity contribution in [3.8, 4) is 5.75 Å².